The third-order valence-corrected chi connectivity index (χ3v) is 2.83. The van der Waals surface area contributed by atoms with Crippen molar-refractivity contribution in [3.8, 4) is 5.75 Å². The number of hydrogen-bond acceptors (Lipinski definition) is 3. The smallest absolute Gasteiger partial charge is 0.171 e. The van der Waals surface area contributed by atoms with Crippen LogP contribution in [-0.4, -0.2) is 16.7 Å². The molecule has 0 aliphatic rings. The number of nitrogens with one attached hydrogen (secondary N) is 2. The van der Waals surface area contributed by atoms with Crippen molar-refractivity contribution in [2.75, 3.05) is 11.9 Å². The second kappa shape index (κ2) is 7.45. The van der Waals surface area contributed by atoms with Gasteiger partial charge in [-0.1, -0.05) is 12.1 Å². The van der Waals surface area contributed by atoms with Crippen LogP contribution in [0.5, 0.6) is 5.75 Å². The number of benzene rings is 1. The fourth-order valence-corrected chi connectivity index (χ4v) is 1.88. The summed E-state index contributed by atoms with van der Waals surface area (Å²) in [6.45, 7) is 3.25. The van der Waals surface area contributed by atoms with Crippen molar-refractivity contribution in [2.45, 2.75) is 13.5 Å². The van der Waals surface area contributed by atoms with Crippen LogP contribution in [0.1, 0.15) is 12.5 Å². The van der Waals surface area contributed by atoms with E-state index in [9.17, 15) is 0 Å². The van der Waals surface area contributed by atoms with Gasteiger partial charge in [-0.05, 0) is 42.9 Å². The molecule has 0 bridgehead atoms. The van der Waals surface area contributed by atoms with E-state index in [1.54, 1.807) is 6.20 Å². The Bertz CT molecular complexity index is 560. The molecule has 104 valence electrons. The number of hydrogen-bond donors (Lipinski definition) is 2. The molecular weight excluding hydrogens is 270 g/mol. The van der Waals surface area contributed by atoms with Gasteiger partial charge in [0.2, 0.25) is 0 Å². The van der Waals surface area contributed by atoms with Crippen molar-refractivity contribution < 1.29 is 4.74 Å². The van der Waals surface area contributed by atoms with Gasteiger partial charge in [0.15, 0.2) is 5.11 Å². The highest BCUT2D eigenvalue weighted by atomic mass is 32.1. The number of pyridine rings is 1. The van der Waals surface area contributed by atoms with E-state index >= 15 is 0 Å². The molecular formula is C15H17N3OS. The minimum atomic E-state index is 0.572. The predicted octanol–water partition coefficient (Wildman–Crippen LogP) is 2.97. The topological polar surface area (TPSA) is 46.2 Å². The standard InChI is InChI=1S/C15H17N3OS/c1-2-19-14-7-3-6-13(9-14)18-15(20)17-11-12-5-4-8-16-10-12/h3-10H,2,11H2,1H3,(H2,17,18,20). The predicted molar refractivity (Wildman–Crippen MR) is 84.9 cm³/mol. The van der Waals surface area contributed by atoms with Gasteiger partial charge in [-0.2, -0.15) is 0 Å². The average Bonchev–Trinajstić information content (AvgIpc) is 2.47. The number of thiocarbonyl (C=S) groups is 1. The lowest BCUT2D eigenvalue weighted by atomic mass is 10.3. The van der Waals surface area contributed by atoms with Gasteiger partial charge >= 0.3 is 0 Å². The molecule has 2 N–H and O–H groups in total. The quantitative estimate of drug-likeness (QED) is 0.828. The van der Waals surface area contributed by atoms with Gasteiger partial charge < -0.3 is 15.4 Å². The monoisotopic (exact) mass is 287 g/mol. The van der Waals surface area contributed by atoms with Crippen molar-refractivity contribution in [1.82, 2.24) is 10.3 Å². The van der Waals surface area contributed by atoms with E-state index in [-0.39, 0.29) is 0 Å². The van der Waals surface area contributed by atoms with E-state index in [1.807, 2.05) is 49.5 Å². The van der Waals surface area contributed by atoms with E-state index in [2.05, 4.69) is 15.6 Å². The maximum absolute atomic E-state index is 5.45. The molecule has 0 atom stereocenters. The molecule has 0 amide bonds. The van der Waals surface area contributed by atoms with Crippen LogP contribution in [-0.2, 0) is 6.54 Å². The lowest BCUT2D eigenvalue weighted by Crippen LogP contribution is -2.27. The summed E-state index contributed by atoms with van der Waals surface area (Å²) in [6.07, 6.45) is 3.56. The summed E-state index contributed by atoms with van der Waals surface area (Å²) in [4.78, 5) is 4.06. The van der Waals surface area contributed by atoms with Crippen LogP contribution in [0.15, 0.2) is 48.8 Å². The number of nitrogens with zero attached hydrogens (tertiary/aromatic N) is 1. The molecule has 20 heavy (non-hydrogen) atoms. The largest absolute Gasteiger partial charge is 0.494 e. The molecule has 0 saturated carbocycles. The van der Waals surface area contributed by atoms with Crippen LogP contribution in [0.2, 0.25) is 0 Å². The molecule has 4 nitrogen and oxygen atoms in total. The minimum Gasteiger partial charge on any atom is -0.494 e. The van der Waals surface area contributed by atoms with E-state index in [1.165, 1.54) is 0 Å². The Labute approximate surface area is 124 Å². The third-order valence-electron chi connectivity index (χ3n) is 2.58. The first-order chi connectivity index (χ1) is 9.78. The first kappa shape index (κ1) is 14.3. The molecule has 0 fully saturated rings. The van der Waals surface area contributed by atoms with Crippen molar-refractivity contribution in [3.63, 3.8) is 0 Å². The molecule has 1 aromatic heterocycles. The molecule has 0 unspecified atom stereocenters. The van der Waals surface area contributed by atoms with E-state index < -0.39 is 0 Å². The first-order valence-corrected chi connectivity index (χ1v) is 6.85. The minimum absolute atomic E-state index is 0.572. The molecule has 1 aromatic carbocycles. The molecule has 2 rings (SSSR count). The van der Waals surface area contributed by atoms with Crippen molar-refractivity contribution in [3.05, 3.63) is 54.4 Å². The second-order valence-electron chi connectivity index (χ2n) is 4.13. The Balaban J connectivity index is 1.86. The summed E-state index contributed by atoms with van der Waals surface area (Å²) in [6, 6.07) is 11.6. The lowest BCUT2D eigenvalue weighted by Gasteiger charge is -2.11. The molecule has 2 aromatic rings. The molecule has 0 aliphatic heterocycles. The van der Waals surface area contributed by atoms with Gasteiger partial charge in [0.05, 0.1) is 6.61 Å². The van der Waals surface area contributed by atoms with Gasteiger partial charge in [0.25, 0.3) is 0 Å². The van der Waals surface area contributed by atoms with Crippen LogP contribution < -0.4 is 15.4 Å². The van der Waals surface area contributed by atoms with E-state index in [0.717, 1.165) is 17.0 Å². The molecule has 0 radical (unpaired) electrons. The highest BCUT2D eigenvalue weighted by Crippen LogP contribution is 2.17. The Hall–Kier alpha value is -2.14. The van der Waals surface area contributed by atoms with Crippen LogP contribution in [0.3, 0.4) is 0 Å². The number of aromatic nitrogens is 1. The number of ether oxygens (including phenoxy) is 1. The number of rotatable bonds is 5. The molecule has 1 heterocycles. The van der Waals surface area contributed by atoms with Crippen molar-refractivity contribution >= 4 is 23.0 Å². The lowest BCUT2D eigenvalue weighted by molar-refractivity contribution is 0.340. The summed E-state index contributed by atoms with van der Waals surface area (Å²) < 4.78 is 5.45. The third kappa shape index (κ3) is 4.51. The Morgan fingerprint density at radius 3 is 2.95 bits per heavy atom. The first-order valence-electron chi connectivity index (χ1n) is 6.44. The molecule has 0 spiro atoms. The van der Waals surface area contributed by atoms with Crippen LogP contribution in [0, 0.1) is 0 Å². The van der Waals surface area contributed by atoms with Crippen LogP contribution >= 0.6 is 12.2 Å². The number of anilines is 1. The van der Waals surface area contributed by atoms with E-state index in [4.69, 9.17) is 17.0 Å². The second-order valence-corrected chi connectivity index (χ2v) is 4.54. The SMILES string of the molecule is CCOc1cccc(NC(=S)NCc2cccnc2)c1. The zero-order valence-electron chi connectivity index (χ0n) is 11.3. The fourth-order valence-electron chi connectivity index (χ4n) is 1.69. The summed E-state index contributed by atoms with van der Waals surface area (Å²) in [5.41, 5.74) is 1.99. The van der Waals surface area contributed by atoms with Gasteiger partial charge in [-0.25, -0.2) is 0 Å². The van der Waals surface area contributed by atoms with Crippen molar-refractivity contribution in [2.24, 2.45) is 0 Å². The maximum Gasteiger partial charge on any atom is 0.171 e. The van der Waals surface area contributed by atoms with Crippen molar-refractivity contribution in [1.29, 1.82) is 0 Å². The summed E-state index contributed by atoms with van der Waals surface area (Å²) >= 11 is 5.26. The fraction of sp³-hybridized carbons (Fsp3) is 0.200. The summed E-state index contributed by atoms with van der Waals surface area (Å²) in [7, 11) is 0. The molecule has 0 aliphatic carbocycles. The van der Waals surface area contributed by atoms with Gasteiger partial charge in [0, 0.05) is 30.7 Å². The summed E-state index contributed by atoms with van der Waals surface area (Å²) in [5.74, 6) is 0.826. The average molecular weight is 287 g/mol. The maximum atomic E-state index is 5.45. The Morgan fingerprint density at radius 2 is 2.20 bits per heavy atom. The Kier molecular flexibility index (Phi) is 5.32. The Morgan fingerprint density at radius 1 is 1.30 bits per heavy atom. The van der Waals surface area contributed by atoms with Gasteiger partial charge in [-0.3, -0.25) is 4.98 Å². The normalized spacial score (nSPS) is 9.85. The highest BCUT2D eigenvalue weighted by molar-refractivity contribution is 7.80. The van der Waals surface area contributed by atoms with Gasteiger partial charge in [-0.15, -0.1) is 0 Å². The zero-order chi connectivity index (χ0) is 14.2. The van der Waals surface area contributed by atoms with Gasteiger partial charge in [0.1, 0.15) is 5.75 Å². The zero-order valence-corrected chi connectivity index (χ0v) is 12.1. The van der Waals surface area contributed by atoms with E-state index in [0.29, 0.717) is 18.3 Å². The van der Waals surface area contributed by atoms with Crippen LogP contribution in [0.25, 0.3) is 0 Å². The van der Waals surface area contributed by atoms with Crippen LogP contribution in [0.4, 0.5) is 5.69 Å². The summed E-state index contributed by atoms with van der Waals surface area (Å²) in [5, 5.41) is 6.84. The molecule has 0 saturated heterocycles. The molecule has 5 heteroatoms. The highest BCUT2D eigenvalue weighted by Gasteiger charge is 2.00.